The van der Waals surface area contributed by atoms with Gasteiger partial charge in [-0.2, -0.15) is 0 Å². The molecule has 2 amide bonds. The normalized spacial score (nSPS) is 9.79. The molecule has 0 aliphatic rings. The molecule has 7 nitrogen and oxygen atoms in total. The molecule has 0 radical (unpaired) electrons. The smallest absolute Gasteiger partial charge is 0.271 e. The van der Waals surface area contributed by atoms with Gasteiger partial charge in [-0.05, 0) is 18.6 Å². The third-order valence-corrected chi connectivity index (χ3v) is 2.36. The Kier molecular flexibility index (Phi) is 6.28. The minimum absolute atomic E-state index is 0.0706. The van der Waals surface area contributed by atoms with Crippen LogP contribution in [0.3, 0.4) is 0 Å². The first-order chi connectivity index (χ1) is 9.17. The molecule has 0 saturated heterocycles. The van der Waals surface area contributed by atoms with Crippen molar-refractivity contribution in [2.45, 2.75) is 19.8 Å². The molecular formula is C12H19N5O2. The average molecular weight is 265 g/mol. The number of anilines is 1. The van der Waals surface area contributed by atoms with E-state index in [-0.39, 0.29) is 30.5 Å². The molecule has 0 unspecified atom stereocenters. The van der Waals surface area contributed by atoms with Gasteiger partial charge in [0, 0.05) is 26.6 Å². The molecule has 1 rings (SSSR count). The lowest BCUT2D eigenvalue weighted by Crippen LogP contribution is -2.31. The summed E-state index contributed by atoms with van der Waals surface area (Å²) in [6, 6.07) is 3.24. The molecular weight excluding hydrogens is 246 g/mol. The van der Waals surface area contributed by atoms with Gasteiger partial charge in [0.2, 0.25) is 5.91 Å². The lowest BCUT2D eigenvalue weighted by Gasteiger charge is -2.05. The number of hydrogen-bond acceptors (Lipinski definition) is 5. The van der Waals surface area contributed by atoms with Crippen molar-refractivity contribution in [3.8, 4) is 0 Å². The Balaban J connectivity index is 2.32. The van der Waals surface area contributed by atoms with Gasteiger partial charge < -0.3 is 16.0 Å². The summed E-state index contributed by atoms with van der Waals surface area (Å²) in [7, 11) is 1.72. The maximum atomic E-state index is 11.7. The number of carbonyl (C=O) groups excluding carboxylic acids is 2. The highest BCUT2D eigenvalue weighted by molar-refractivity contribution is 5.92. The highest BCUT2D eigenvalue weighted by atomic mass is 16.2. The Morgan fingerprint density at radius 2 is 1.95 bits per heavy atom. The predicted molar refractivity (Wildman–Crippen MR) is 71.8 cm³/mol. The molecule has 1 aromatic rings. The van der Waals surface area contributed by atoms with Crippen molar-refractivity contribution < 1.29 is 9.59 Å². The molecule has 7 heteroatoms. The minimum Gasteiger partial charge on any atom is -0.372 e. The van der Waals surface area contributed by atoms with Crippen LogP contribution in [0.15, 0.2) is 12.1 Å². The van der Waals surface area contributed by atoms with Crippen molar-refractivity contribution in [1.29, 1.82) is 0 Å². The molecule has 19 heavy (non-hydrogen) atoms. The Hall–Kier alpha value is -2.18. The minimum atomic E-state index is -0.335. The third kappa shape index (κ3) is 5.33. The second-order valence-corrected chi connectivity index (χ2v) is 3.91. The van der Waals surface area contributed by atoms with E-state index in [9.17, 15) is 9.59 Å². The van der Waals surface area contributed by atoms with Crippen LogP contribution < -0.4 is 16.0 Å². The Bertz CT molecular complexity index is 419. The van der Waals surface area contributed by atoms with Gasteiger partial charge in [0.1, 0.15) is 5.82 Å². The van der Waals surface area contributed by atoms with Gasteiger partial charge in [0.15, 0.2) is 5.69 Å². The summed E-state index contributed by atoms with van der Waals surface area (Å²) in [4.78, 5) is 23.0. The summed E-state index contributed by atoms with van der Waals surface area (Å²) in [6.45, 7) is 2.92. The number of nitrogens with zero attached hydrogens (tertiary/aromatic N) is 2. The summed E-state index contributed by atoms with van der Waals surface area (Å²) < 4.78 is 0. The SMILES string of the molecule is CCCNC(=O)CCNC(=O)c1ccc(NC)nn1. The van der Waals surface area contributed by atoms with Crippen molar-refractivity contribution in [3.63, 3.8) is 0 Å². The topological polar surface area (TPSA) is 96.0 Å². The van der Waals surface area contributed by atoms with Crippen LogP contribution in [0.5, 0.6) is 0 Å². The number of nitrogens with one attached hydrogen (secondary N) is 3. The quantitative estimate of drug-likeness (QED) is 0.653. The largest absolute Gasteiger partial charge is 0.372 e. The zero-order valence-electron chi connectivity index (χ0n) is 11.2. The Labute approximate surface area is 112 Å². The van der Waals surface area contributed by atoms with Gasteiger partial charge in [-0.15, -0.1) is 10.2 Å². The van der Waals surface area contributed by atoms with E-state index in [0.29, 0.717) is 12.4 Å². The molecule has 3 N–H and O–H groups in total. The van der Waals surface area contributed by atoms with Gasteiger partial charge in [-0.3, -0.25) is 9.59 Å². The van der Waals surface area contributed by atoms with Crippen LogP contribution >= 0.6 is 0 Å². The fourth-order valence-electron chi connectivity index (χ4n) is 1.32. The van der Waals surface area contributed by atoms with Crippen LogP contribution in [-0.2, 0) is 4.79 Å². The predicted octanol–water partition coefficient (Wildman–Crippen LogP) is 0.164. The van der Waals surface area contributed by atoms with Gasteiger partial charge in [-0.1, -0.05) is 6.92 Å². The standard InChI is InChI=1S/C12H19N5O2/c1-3-7-14-11(18)6-8-15-12(19)9-4-5-10(13-2)17-16-9/h4-5H,3,6-8H2,1-2H3,(H,13,17)(H,14,18)(H,15,19). The molecule has 0 spiro atoms. The van der Waals surface area contributed by atoms with Crippen LogP contribution in [0.25, 0.3) is 0 Å². The molecule has 1 aromatic heterocycles. The molecule has 0 atom stereocenters. The van der Waals surface area contributed by atoms with E-state index in [0.717, 1.165) is 6.42 Å². The second-order valence-electron chi connectivity index (χ2n) is 3.91. The van der Waals surface area contributed by atoms with Gasteiger partial charge >= 0.3 is 0 Å². The number of carbonyl (C=O) groups is 2. The zero-order valence-corrected chi connectivity index (χ0v) is 11.2. The highest BCUT2D eigenvalue weighted by Gasteiger charge is 2.08. The van der Waals surface area contributed by atoms with Crippen molar-refractivity contribution in [2.24, 2.45) is 0 Å². The van der Waals surface area contributed by atoms with Crippen LogP contribution in [-0.4, -0.2) is 42.1 Å². The van der Waals surface area contributed by atoms with Crippen molar-refractivity contribution in [2.75, 3.05) is 25.5 Å². The Morgan fingerprint density at radius 1 is 1.16 bits per heavy atom. The number of amides is 2. The summed E-state index contributed by atoms with van der Waals surface area (Å²) in [5, 5.41) is 15.7. The van der Waals surface area contributed by atoms with E-state index in [2.05, 4.69) is 26.1 Å². The van der Waals surface area contributed by atoms with E-state index >= 15 is 0 Å². The molecule has 0 bridgehead atoms. The average Bonchev–Trinajstić information content (AvgIpc) is 2.45. The van der Waals surface area contributed by atoms with E-state index in [1.165, 1.54) is 0 Å². The lowest BCUT2D eigenvalue weighted by atomic mass is 10.3. The van der Waals surface area contributed by atoms with E-state index in [4.69, 9.17) is 0 Å². The summed E-state index contributed by atoms with van der Waals surface area (Å²) >= 11 is 0. The maximum Gasteiger partial charge on any atom is 0.271 e. The highest BCUT2D eigenvalue weighted by Crippen LogP contribution is 2.00. The zero-order chi connectivity index (χ0) is 14.1. The van der Waals surface area contributed by atoms with Crippen LogP contribution in [0.4, 0.5) is 5.82 Å². The van der Waals surface area contributed by atoms with Crippen molar-refractivity contribution in [1.82, 2.24) is 20.8 Å². The monoisotopic (exact) mass is 265 g/mol. The Morgan fingerprint density at radius 3 is 2.53 bits per heavy atom. The molecule has 0 fully saturated rings. The molecule has 0 aromatic carbocycles. The fraction of sp³-hybridized carbons (Fsp3) is 0.500. The van der Waals surface area contributed by atoms with Crippen LogP contribution in [0, 0.1) is 0 Å². The summed E-state index contributed by atoms with van der Waals surface area (Å²) in [5.74, 6) is 0.188. The number of aromatic nitrogens is 2. The van der Waals surface area contributed by atoms with E-state index in [1.807, 2.05) is 6.92 Å². The van der Waals surface area contributed by atoms with Crippen LogP contribution in [0.1, 0.15) is 30.3 Å². The van der Waals surface area contributed by atoms with E-state index in [1.54, 1.807) is 19.2 Å². The summed E-state index contributed by atoms with van der Waals surface area (Å²) in [5.41, 5.74) is 0.230. The summed E-state index contributed by atoms with van der Waals surface area (Å²) in [6.07, 6.45) is 1.15. The first-order valence-corrected chi connectivity index (χ1v) is 6.23. The first-order valence-electron chi connectivity index (χ1n) is 6.23. The van der Waals surface area contributed by atoms with E-state index < -0.39 is 0 Å². The third-order valence-electron chi connectivity index (χ3n) is 2.36. The molecule has 104 valence electrons. The molecule has 0 saturated carbocycles. The van der Waals surface area contributed by atoms with Gasteiger partial charge in [-0.25, -0.2) is 0 Å². The first kappa shape index (κ1) is 14.9. The van der Waals surface area contributed by atoms with Crippen LogP contribution in [0.2, 0.25) is 0 Å². The van der Waals surface area contributed by atoms with Gasteiger partial charge in [0.25, 0.3) is 5.91 Å². The maximum absolute atomic E-state index is 11.7. The second kappa shape index (κ2) is 8.02. The van der Waals surface area contributed by atoms with Crippen molar-refractivity contribution in [3.05, 3.63) is 17.8 Å². The molecule has 0 aliphatic heterocycles. The number of rotatable bonds is 7. The molecule has 1 heterocycles. The van der Waals surface area contributed by atoms with Gasteiger partial charge in [0.05, 0.1) is 0 Å². The fourth-order valence-corrected chi connectivity index (χ4v) is 1.32. The lowest BCUT2D eigenvalue weighted by molar-refractivity contribution is -0.120. The number of hydrogen-bond donors (Lipinski definition) is 3. The van der Waals surface area contributed by atoms with Crippen molar-refractivity contribution >= 4 is 17.6 Å². The molecule has 0 aliphatic carbocycles.